The number of nitrogens with zero attached hydrogens (tertiary/aromatic N) is 6. The van der Waals surface area contributed by atoms with Gasteiger partial charge in [0.25, 0.3) is 5.91 Å². The molecule has 1 amide bonds. The van der Waals surface area contributed by atoms with Gasteiger partial charge in [0, 0.05) is 43.5 Å². The first-order chi connectivity index (χ1) is 19.7. The van der Waals surface area contributed by atoms with Crippen LogP contribution in [-0.4, -0.2) is 56.1 Å². The SMILES string of the molecule is Cc1ccc(-n2nc(C3CCN(S(=O)(=O)c4cc(F)cc(F)c4)CC3)cc2NC(=O)c2cnn3cccnc23)cc1. The van der Waals surface area contributed by atoms with Crippen molar-refractivity contribution in [1.82, 2.24) is 28.7 Å². The quantitative estimate of drug-likeness (QED) is 0.322. The molecule has 0 unspecified atom stereocenters. The van der Waals surface area contributed by atoms with E-state index in [-0.39, 0.29) is 19.0 Å². The number of sulfonamides is 1. The fourth-order valence-corrected chi connectivity index (χ4v) is 6.47. The highest BCUT2D eigenvalue weighted by Gasteiger charge is 2.32. The van der Waals surface area contributed by atoms with Gasteiger partial charge in [0.2, 0.25) is 10.0 Å². The number of hydrogen-bond acceptors (Lipinski definition) is 6. The standard InChI is InChI=1S/C28H25F2N7O3S/c1-18-3-5-22(6-4-18)37-26(33-28(38)24-17-32-36-10-2-9-31-27(24)36)16-25(34-37)19-7-11-35(12-8-19)41(39,40)23-14-20(29)13-21(30)15-23/h2-6,9-10,13-17,19H,7-8,11-12H2,1H3,(H,33,38). The Hall–Kier alpha value is -4.49. The van der Waals surface area contributed by atoms with E-state index in [1.165, 1.54) is 15.0 Å². The van der Waals surface area contributed by atoms with Crippen molar-refractivity contribution < 1.29 is 22.0 Å². The number of carbonyl (C=O) groups is 1. The molecule has 5 aromatic rings. The molecule has 6 rings (SSSR count). The summed E-state index contributed by atoms with van der Waals surface area (Å²) in [6, 6.07) is 13.5. The van der Waals surface area contributed by atoms with Crippen LogP contribution in [0.5, 0.6) is 0 Å². The largest absolute Gasteiger partial charge is 0.306 e. The summed E-state index contributed by atoms with van der Waals surface area (Å²) in [6.07, 6.45) is 5.61. The van der Waals surface area contributed by atoms with Crippen LogP contribution in [0.2, 0.25) is 0 Å². The molecular weight excluding hydrogens is 552 g/mol. The smallest absolute Gasteiger partial charge is 0.262 e. The van der Waals surface area contributed by atoms with Crippen LogP contribution < -0.4 is 5.32 Å². The topological polar surface area (TPSA) is 114 Å². The number of anilines is 1. The fourth-order valence-electron chi connectivity index (χ4n) is 4.96. The summed E-state index contributed by atoms with van der Waals surface area (Å²) in [5.74, 6) is -1.97. The normalized spacial score (nSPS) is 14.9. The van der Waals surface area contributed by atoms with Crippen molar-refractivity contribution in [3.8, 4) is 5.69 Å². The summed E-state index contributed by atoms with van der Waals surface area (Å²) in [7, 11) is -4.06. The third-order valence-electron chi connectivity index (χ3n) is 7.12. The molecule has 41 heavy (non-hydrogen) atoms. The molecule has 210 valence electrons. The van der Waals surface area contributed by atoms with Crippen LogP contribution in [0.1, 0.15) is 40.4 Å². The second-order valence-electron chi connectivity index (χ2n) is 9.89. The predicted molar refractivity (Wildman–Crippen MR) is 146 cm³/mol. The van der Waals surface area contributed by atoms with Crippen LogP contribution in [-0.2, 0) is 10.0 Å². The molecule has 1 saturated heterocycles. The van der Waals surface area contributed by atoms with Gasteiger partial charge in [-0.1, -0.05) is 17.7 Å². The lowest BCUT2D eigenvalue weighted by atomic mass is 9.95. The minimum absolute atomic E-state index is 0.105. The highest BCUT2D eigenvalue weighted by atomic mass is 32.2. The van der Waals surface area contributed by atoms with Gasteiger partial charge in [-0.2, -0.15) is 14.5 Å². The van der Waals surface area contributed by atoms with Crippen LogP contribution in [0.15, 0.2) is 78.1 Å². The third kappa shape index (κ3) is 5.21. The maximum absolute atomic E-state index is 13.7. The van der Waals surface area contributed by atoms with E-state index in [9.17, 15) is 22.0 Å². The van der Waals surface area contributed by atoms with E-state index in [2.05, 4.69) is 15.4 Å². The zero-order valence-electron chi connectivity index (χ0n) is 21.9. The Morgan fingerprint density at radius 3 is 2.44 bits per heavy atom. The number of amides is 1. The number of nitrogens with one attached hydrogen (secondary N) is 1. The van der Waals surface area contributed by atoms with Crippen LogP contribution in [0.25, 0.3) is 11.3 Å². The van der Waals surface area contributed by atoms with Crippen molar-refractivity contribution in [2.45, 2.75) is 30.6 Å². The fraction of sp³-hybridized carbons (Fsp3) is 0.214. The molecule has 0 aliphatic carbocycles. The van der Waals surface area contributed by atoms with E-state index < -0.39 is 32.5 Å². The second-order valence-corrected chi connectivity index (χ2v) is 11.8. The van der Waals surface area contributed by atoms with Gasteiger partial charge in [0.1, 0.15) is 23.0 Å². The molecule has 0 spiro atoms. The number of piperidine rings is 1. The van der Waals surface area contributed by atoms with Gasteiger partial charge in [-0.05, 0) is 50.1 Å². The van der Waals surface area contributed by atoms with E-state index in [1.54, 1.807) is 29.2 Å². The molecule has 0 bridgehead atoms. The number of rotatable bonds is 6. The Balaban J connectivity index is 1.26. The van der Waals surface area contributed by atoms with Crippen LogP contribution >= 0.6 is 0 Å². The Labute approximate surface area is 234 Å². The van der Waals surface area contributed by atoms with Crippen LogP contribution in [0.4, 0.5) is 14.6 Å². The van der Waals surface area contributed by atoms with Crippen molar-refractivity contribution in [1.29, 1.82) is 0 Å². The molecule has 4 heterocycles. The summed E-state index contributed by atoms with van der Waals surface area (Å²) >= 11 is 0. The Bertz CT molecular complexity index is 1840. The zero-order chi connectivity index (χ0) is 28.7. The van der Waals surface area contributed by atoms with Gasteiger partial charge in [0.05, 0.1) is 22.5 Å². The Morgan fingerprint density at radius 1 is 1.02 bits per heavy atom. The Morgan fingerprint density at radius 2 is 1.73 bits per heavy atom. The van der Waals surface area contributed by atoms with E-state index in [1.807, 2.05) is 31.2 Å². The van der Waals surface area contributed by atoms with Crippen LogP contribution in [0.3, 0.4) is 0 Å². The molecule has 1 aliphatic rings. The summed E-state index contributed by atoms with van der Waals surface area (Å²) in [4.78, 5) is 17.1. The molecule has 0 atom stereocenters. The molecule has 1 fully saturated rings. The highest BCUT2D eigenvalue weighted by Crippen LogP contribution is 2.33. The molecule has 1 aliphatic heterocycles. The monoisotopic (exact) mass is 577 g/mol. The first-order valence-corrected chi connectivity index (χ1v) is 14.4. The predicted octanol–water partition coefficient (Wildman–Crippen LogP) is 4.32. The van der Waals surface area contributed by atoms with Gasteiger partial charge < -0.3 is 5.32 Å². The number of aryl methyl sites for hydroxylation is 1. The van der Waals surface area contributed by atoms with E-state index in [0.717, 1.165) is 23.4 Å². The molecule has 3 aromatic heterocycles. The lowest BCUT2D eigenvalue weighted by Crippen LogP contribution is -2.38. The summed E-state index contributed by atoms with van der Waals surface area (Å²) in [6.45, 7) is 2.27. The minimum atomic E-state index is -4.06. The highest BCUT2D eigenvalue weighted by molar-refractivity contribution is 7.89. The maximum Gasteiger partial charge on any atom is 0.262 e. The van der Waals surface area contributed by atoms with Crippen molar-refractivity contribution >= 4 is 27.4 Å². The van der Waals surface area contributed by atoms with Crippen molar-refractivity contribution in [2.75, 3.05) is 18.4 Å². The van der Waals surface area contributed by atoms with Crippen molar-refractivity contribution in [3.63, 3.8) is 0 Å². The van der Waals surface area contributed by atoms with Crippen LogP contribution in [0, 0.1) is 18.6 Å². The average Bonchev–Trinajstić information content (AvgIpc) is 3.58. The Kier molecular flexibility index (Phi) is 6.83. The van der Waals surface area contributed by atoms with E-state index >= 15 is 0 Å². The van der Waals surface area contributed by atoms with Gasteiger partial charge >= 0.3 is 0 Å². The first kappa shape index (κ1) is 26.7. The lowest BCUT2D eigenvalue weighted by molar-refractivity contribution is 0.102. The number of fused-ring (bicyclic) bond motifs is 1. The number of benzene rings is 2. The summed E-state index contributed by atoms with van der Waals surface area (Å²) in [5, 5.41) is 11.9. The van der Waals surface area contributed by atoms with Gasteiger partial charge in [-0.15, -0.1) is 0 Å². The minimum Gasteiger partial charge on any atom is -0.306 e. The van der Waals surface area contributed by atoms with Gasteiger partial charge in [-0.3, -0.25) is 4.79 Å². The van der Waals surface area contributed by atoms with Crippen molar-refractivity contribution in [2.24, 2.45) is 0 Å². The lowest BCUT2D eigenvalue weighted by Gasteiger charge is -2.30. The number of hydrogen-bond donors (Lipinski definition) is 1. The summed E-state index contributed by atoms with van der Waals surface area (Å²) in [5.41, 5.74) is 3.21. The maximum atomic E-state index is 13.7. The zero-order valence-corrected chi connectivity index (χ0v) is 22.7. The molecule has 10 nitrogen and oxygen atoms in total. The number of carbonyl (C=O) groups excluding carboxylic acids is 1. The molecule has 0 radical (unpaired) electrons. The molecule has 1 N–H and O–H groups in total. The molecule has 13 heteroatoms. The molecule has 0 saturated carbocycles. The van der Waals surface area contributed by atoms with Gasteiger partial charge in [0.15, 0.2) is 5.65 Å². The van der Waals surface area contributed by atoms with E-state index in [0.29, 0.717) is 41.6 Å². The molecular formula is C28H25F2N7O3S. The van der Waals surface area contributed by atoms with Crippen molar-refractivity contribution in [3.05, 3.63) is 102 Å². The number of aromatic nitrogens is 5. The third-order valence-corrected chi connectivity index (χ3v) is 8.99. The average molecular weight is 578 g/mol. The summed E-state index contributed by atoms with van der Waals surface area (Å²) < 4.78 is 57.9. The molecule has 2 aromatic carbocycles. The second kappa shape index (κ2) is 10.5. The van der Waals surface area contributed by atoms with Gasteiger partial charge in [-0.25, -0.2) is 31.4 Å². The van der Waals surface area contributed by atoms with E-state index in [4.69, 9.17) is 5.10 Å². The first-order valence-electron chi connectivity index (χ1n) is 12.9. The number of halogens is 2.